The van der Waals surface area contributed by atoms with Gasteiger partial charge < -0.3 is 14.7 Å². The number of aromatic hydroxyl groups is 1. The summed E-state index contributed by atoms with van der Waals surface area (Å²) in [4.78, 5) is 13.5. The lowest BCUT2D eigenvalue weighted by Gasteiger charge is -2.24. The van der Waals surface area contributed by atoms with Crippen molar-refractivity contribution in [3.63, 3.8) is 0 Å². The predicted octanol–water partition coefficient (Wildman–Crippen LogP) is 1.75. The molecule has 0 aliphatic carbocycles. The first-order valence-electron chi connectivity index (χ1n) is 10.2. The van der Waals surface area contributed by atoms with Crippen molar-refractivity contribution in [2.45, 2.75) is 32.7 Å². The zero-order valence-electron chi connectivity index (χ0n) is 17.1. The van der Waals surface area contributed by atoms with Gasteiger partial charge in [-0.05, 0) is 62.1 Å². The van der Waals surface area contributed by atoms with Crippen LogP contribution >= 0.6 is 0 Å². The lowest BCUT2D eigenvalue weighted by molar-refractivity contribution is -0.918. The zero-order valence-corrected chi connectivity index (χ0v) is 17.1. The highest BCUT2D eigenvalue weighted by Gasteiger charge is 2.16. The van der Waals surface area contributed by atoms with E-state index in [0.717, 1.165) is 30.8 Å². The molecule has 0 bridgehead atoms. The van der Waals surface area contributed by atoms with E-state index >= 15 is 0 Å². The highest BCUT2D eigenvalue weighted by molar-refractivity contribution is 5.99. The molecule has 1 saturated heterocycles. The van der Waals surface area contributed by atoms with E-state index in [1.807, 2.05) is 12.1 Å². The fourth-order valence-corrected chi connectivity index (χ4v) is 3.52. The van der Waals surface area contributed by atoms with Crippen LogP contribution in [0.2, 0.25) is 0 Å². The number of ether oxygens (including phenoxy) is 1. The van der Waals surface area contributed by atoms with Crippen LogP contribution in [0.3, 0.4) is 0 Å². The number of quaternary nitrogens is 1. The second kappa shape index (κ2) is 10.4. The molecule has 0 spiro atoms. The highest BCUT2D eigenvalue weighted by Crippen LogP contribution is 2.19. The molecule has 7 heteroatoms. The van der Waals surface area contributed by atoms with Gasteiger partial charge in [-0.2, -0.15) is 10.4 Å². The molecule has 7 nitrogen and oxygen atoms in total. The average molecular weight is 407 g/mol. The van der Waals surface area contributed by atoms with Crippen molar-refractivity contribution < 1.29 is 19.5 Å². The number of hydrogen-bond acceptors (Lipinski definition) is 5. The topological polar surface area (TPSA) is 99.1 Å². The van der Waals surface area contributed by atoms with E-state index in [0.29, 0.717) is 22.8 Å². The minimum Gasteiger partial charge on any atom is -0.507 e. The number of carbonyl (C=O) groups excluding carboxylic acids is 1. The summed E-state index contributed by atoms with van der Waals surface area (Å²) in [7, 11) is 0. The first kappa shape index (κ1) is 21.3. The van der Waals surface area contributed by atoms with Gasteiger partial charge >= 0.3 is 0 Å². The van der Waals surface area contributed by atoms with E-state index in [1.165, 1.54) is 24.2 Å². The molecule has 1 heterocycles. The summed E-state index contributed by atoms with van der Waals surface area (Å²) in [5, 5.41) is 23.4. The van der Waals surface area contributed by atoms with Crippen molar-refractivity contribution in [3.8, 4) is 17.6 Å². The number of para-hydroxylation sites is 1. The molecule has 3 rings (SSSR count). The van der Waals surface area contributed by atoms with E-state index in [4.69, 9.17) is 10.00 Å². The molecule has 2 aromatic rings. The maximum atomic E-state index is 12.1. The molecule has 1 aliphatic heterocycles. The van der Waals surface area contributed by atoms with E-state index in [2.05, 4.69) is 10.5 Å². The number of nitrogens with zero attached hydrogens (tertiary/aromatic N) is 2. The van der Waals surface area contributed by atoms with E-state index in [-0.39, 0.29) is 6.61 Å². The molecule has 1 aliphatic rings. The lowest BCUT2D eigenvalue weighted by Crippen LogP contribution is -3.11. The van der Waals surface area contributed by atoms with Crippen molar-refractivity contribution in [2.75, 3.05) is 19.7 Å². The van der Waals surface area contributed by atoms with Crippen LogP contribution in [-0.4, -0.2) is 36.4 Å². The fourth-order valence-electron chi connectivity index (χ4n) is 3.52. The van der Waals surface area contributed by atoms with Crippen LogP contribution in [0.4, 0.5) is 0 Å². The minimum atomic E-state index is -0.418. The van der Waals surface area contributed by atoms with Gasteiger partial charge in [0.05, 0.1) is 24.4 Å². The van der Waals surface area contributed by atoms with E-state index < -0.39 is 5.91 Å². The van der Waals surface area contributed by atoms with Gasteiger partial charge in [0.25, 0.3) is 5.91 Å². The molecule has 2 aromatic carbocycles. The summed E-state index contributed by atoms with van der Waals surface area (Å²) in [6, 6.07) is 14.2. The Hall–Kier alpha value is -3.37. The molecular formula is C23H27N4O3+. The van der Waals surface area contributed by atoms with Gasteiger partial charge in [-0.15, -0.1) is 0 Å². The maximum Gasteiger partial charge on any atom is 0.277 e. The number of piperidine rings is 1. The van der Waals surface area contributed by atoms with Gasteiger partial charge in [-0.1, -0.05) is 12.1 Å². The van der Waals surface area contributed by atoms with Crippen LogP contribution in [-0.2, 0) is 11.3 Å². The molecule has 0 radical (unpaired) electrons. The molecule has 0 unspecified atom stereocenters. The third-order valence-corrected chi connectivity index (χ3v) is 5.21. The van der Waals surface area contributed by atoms with Crippen molar-refractivity contribution in [2.24, 2.45) is 5.10 Å². The molecule has 156 valence electrons. The molecule has 0 aromatic heterocycles. The van der Waals surface area contributed by atoms with Crippen LogP contribution in [0.1, 0.15) is 42.9 Å². The fraction of sp³-hybridized carbons (Fsp3) is 0.348. The van der Waals surface area contributed by atoms with Crippen LogP contribution in [0.25, 0.3) is 0 Å². The third kappa shape index (κ3) is 5.82. The van der Waals surface area contributed by atoms with Gasteiger partial charge in [0.2, 0.25) is 0 Å². The monoisotopic (exact) mass is 407 g/mol. The number of hydrazone groups is 1. The number of rotatable bonds is 7. The Morgan fingerprint density at radius 2 is 2.00 bits per heavy atom. The summed E-state index contributed by atoms with van der Waals surface area (Å²) >= 11 is 0. The van der Waals surface area contributed by atoms with Gasteiger partial charge in [0, 0.05) is 5.56 Å². The number of likely N-dealkylation sites (tertiary alicyclic amines) is 1. The summed E-state index contributed by atoms with van der Waals surface area (Å²) in [5.41, 5.74) is 5.22. The Morgan fingerprint density at radius 3 is 2.77 bits per heavy atom. The van der Waals surface area contributed by atoms with Crippen molar-refractivity contribution in [1.82, 2.24) is 5.43 Å². The number of benzene rings is 2. The number of nitrogens with one attached hydrogen (secondary N) is 2. The molecule has 0 atom stereocenters. The maximum absolute atomic E-state index is 12.1. The van der Waals surface area contributed by atoms with E-state index in [1.54, 1.807) is 43.3 Å². The SMILES string of the molecule is C/C(=N\NC(=O)COc1ccccc1C#N)c1ccc(O)c(C[NH+]2CCCCC2)c1. The van der Waals surface area contributed by atoms with Crippen molar-refractivity contribution in [1.29, 1.82) is 5.26 Å². The summed E-state index contributed by atoms with van der Waals surface area (Å²) in [6.07, 6.45) is 3.74. The van der Waals surface area contributed by atoms with Crippen molar-refractivity contribution >= 4 is 11.6 Å². The Bertz CT molecular complexity index is 959. The molecule has 30 heavy (non-hydrogen) atoms. The summed E-state index contributed by atoms with van der Waals surface area (Å²) in [6.45, 7) is 4.60. The Kier molecular flexibility index (Phi) is 7.41. The number of amides is 1. The number of nitriles is 1. The van der Waals surface area contributed by atoms with Gasteiger partial charge in [-0.25, -0.2) is 5.43 Å². The zero-order chi connectivity index (χ0) is 21.3. The molecule has 3 N–H and O–H groups in total. The first-order chi connectivity index (χ1) is 14.6. The number of carbonyl (C=O) groups is 1. The van der Waals surface area contributed by atoms with Crippen LogP contribution in [0, 0.1) is 11.3 Å². The van der Waals surface area contributed by atoms with E-state index in [9.17, 15) is 9.90 Å². The Morgan fingerprint density at radius 1 is 1.23 bits per heavy atom. The summed E-state index contributed by atoms with van der Waals surface area (Å²) < 4.78 is 5.41. The van der Waals surface area contributed by atoms with Crippen LogP contribution < -0.4 is 15.1 Å². The molecule has 0 saturated carbocycles. The molecule has 1 fully saturated rings. The molecular weight excluding hydrogens is 380 g/mol. The minimum absolute atomic E-state index is 0.241. The second-order valence-electron chi connectivity index (χ2n) is 7.46. The Balaban J connectivity index is 1.58. The second-order valence-corrected chi connectivity index (χ2v) is 7.46. The largest absolute Gasteiger partial charge is 0.507 e. The standard InChI is InChI=1S/C23H26N4O3/c1-17(25-26-23(29)16-30-22-8-4-3-7-19(22)14-24)18-9-10-21(28)20(13-18)15-27-11-5-2-6-12-27/h3-4,7-10,13,28H,2,5-6,11-12,15-16H2,1H3,(H,26,29)/p+1/b25-17+. The lowest BCUT2D eigenvalue weighted by atomic mass is 10.0. The number of phenolic OH excluding ortho intramolecular Hbond substituents is 1. The quantitative estimate of drug-likeness (QED) is 0.481. The van der Waals surface area contributed by atoms with Crippen LogP contribution in [0.15, 0.2) is 47.6 Å². The molecule has 1 amide bonds. The van der Waals surface area contributed by atoms with Crippen LogP contribution in [0.5, 0.6) is 11.5 Å². The smallest absolute Gasteiger partial charge is 0.277 e. The highest BCUT2D eigenvalue weighted by atomic mass is 16.5. The number of hydrogen-bond donors (Lipinski definition) is 3. The van der Waals surface area contributed by atoms with Crippen molar-refractivity contribution in [3.05, 3.63) is 59.2 Å². The predicted molar refractivity (Wildman–Crippen MR) is 113 cm³/mol. The third-order valence-electron chi connectivity index (χ3n) is 5.21. The first-order valence-corrected chi connectivity index (χ1v) is 10.2. The normalized spacial score (nSPS) is 14.7. The Labute approximate surface area is 176 Å². The van der Waals surface area contributed by atoms with Gasteiger partial charge in [-0.3, -0.25) is 4.79 Å². The van der Waals surface area contributed by atoms with Gasteiger partial charge in [0.1, 0.15) is 24.1 Å². The number of phenols is 1. The average Bonchev–Trinajstić information content (AvgIpc) is 2.78. The summed E-state index contributed by atoms with van der Waals surface area (Å²) in [5.74, 6) is 0.233. The van der Waals surface area contributed by atoms with Gasteiger partial charge in [0.15, 0.2) is 6.61 Å².